The largest absolute Gasteiger partial charge is 0.395 e. The van der Waals surface area contributed by atoms with Gasteiger partial charge in [-0.15, -0.1) is 0 Å². The predicted molar refractivity (Wildman–Crippen MR) is 65.6 cm³/mol. The second-order valence-electron chi connectivity index (χ2n) is 3.99. The number of hydrogen-bond donors (Lipinski definition) is 2. The first-order chi connectivity index (χ1) is 8.17. The van der Waals surface area contributed by atoms with Crippen molar-refractivity contribution in [2.24, 2.45) is 0 Å². The lowest BCUT2D eigenvalue weighted by Crippen LogP contribution is -2.36. The summed E-state index contributed by atoms with van der Waals surface area (Å²) in [5, 5.41) is 17.7. The van der Waals surface area contributed by atoms with E-state index in [1.54, 1.807) is 0 Å². The third-order valence-corrected chi connectivity index (χ3v) is 2.57. The summed E-state index contributed by atoms with van der Waals surface area (Å²) in [7, 11) is 0. The Kier molecular flexibility index (Phi) is 5.66. The maximum atomic E-state index is 11.9. The van der Waals surface area contributed by atoms with E-state index in [1.807, 2.05) is 31.2 Å². The number of rotatable bonds is 6. The van der Waals surface area contributed by atoms with Gasteiger partial charge in [-0.05, 0) is 12.5 Å². The molecule has 4 nitrogen and oxygen atoms in total. The third-order valence-electron chi connectivity index (χ3n) is 2.57. The van der Waals surface area contributed by atoms with E-state index < -0.39 is 0 Å². The number of carbonyl (C=O) groups excluding carboxylic acids is 1. The fourth-order valence-electron chi connectivity index (χ4n) is 1.59. The van der Waals surface area contributed by atoms with Gasteiger partial charge in [0, 0.05) is 13.1 Å². The highest BCUT2D eigenvalue weighted by Crippen LogP contribution is 2.05. The SMILES string of the molecule is Cc1ccc(CC(=O)N(CCO)CCO)cc1. The highest BCUT2D eigenvalue weighted by Gasteiger charge is 2.12. The maximum absolute atomic E-state index is 11.9. The topological polar surface area (TPSA) is 60.8 Å². The number of aliphatic hydroxyl groups is 2. The van der Waals surface area contributed by atoms with E-state index >= 15 is 0 Å². The summed E-state index contributed by atoms with van der Waals surface area (Å²) in [5.41, 5.74) is 2.10. The van der Waals surface area contributed by atoms with Crippen molar-refractivity contribution in [1.29, 1.82) is 0 Å². The molecule has 0 atom stereocenters. The molecule has 0 spiro atoms. The average Bonchev–Trinajstić information content (AvgIpc) is 2.32. The van der Waals surface area contributed by atoms with Crippen LogP contribution in [-0.2, 0) is 11.2 Å². The first-order valence-corrected chi connectivity index (χ1v) is 5.72. The Morgan fingerprint density at radius 2 is 1.65 bits per heavy atom. The fourth-order valence-corrected chi connectivity index (χ4v) is 1.59. The molecule has 4 heteroatoms. The molecular weight excluding hydrogens is 218 g/mol. The predicted octanol–water partition coefficient (Wildman–Crippen LogP) is 0.351. The van der Waals surface area contributed by atoms with Crippen LogP contribution in [0.4, 0.5) is 0 Å². The lowest BCUT2D eigenvalue weighted by molar-refractivity contribution is -0.131. The standard InChI is InChI=1S/C13H19NO3/c1-11-2-4-12(5-3-11)10-13(17)14(6-8-15)7-9-16/h2-5,15-16H,6-10H2,1H3. The number of aryl methyl sites for hydroxylation is 1. The fraction of sp³-hybridized carbons (Fsp3) is 0.462. The molecule has 0 saturated heterocycles. The summed E-state index contributed by atoms with van der Waals surface area (Å²) in [4.78, 5) is 13.4. The minimum Gasteiger partial charge on any atom is -0.395 e. The molecule has 0 radical (unpaired) electrons. The Balaban J connectivity index is 2.59. The van der Waals surface area contributed by atoms with Crippen molar-refractivity contribution >= 4 is 5.91 Å². The van der Waals surface area contributed by atoms with E-state index in [4.69, 9.17) is 10.2 Å². The lowest BCUT2D eigenvalue weighted by Gasteiger charge is -2.20. The van der Waals surface area contributed by atoms with Crippen LogP contribution in [-0.4, -0.2) is 47.3 Å². The van der Waals surface area contributed by atoms with Gasteiger partial charge in [-0.3, -0.25) is 4.79 Å². The Labute approximate surface area is 101 Å². The molecule has 1 aromatic carbocycles. The van der Waals surface area contributed by atoms with Crippen LogP contribution in [0.25, 0.3) is 0 Å². The zero-order valence-corrected chi connectivity index (χ0v) is 10.1. The van der Waals surface area contributed by atoms with E-state index in [1.165, 1.54) is 4.90 Å². The molecule has 0 aliphatic heterocycles. The Morgan fingerprint density at radius 3 is 2.12 bits per heavy atom. The second kappa shape index (κ2) is 7.04. The van der Waals surface area contributed by atoms with Crippen molar-refractivity contribution in [3.63, 3.8) is 0 Å². The van der Waals surface area contributed by atoms with Crippen molar-refractivity contribution in [1.82, 2.24) is 4.90 Å². The summed E-state index contributed by atoms with van der Waals surface area (Å²) in [6, 6.07) is 7.77. The molecule has 0 aromatic heterocycles. The van der Waals surface area contributed by atoms with E-state index in [2.05, 4.69) is 0 Å². The van der Waals surface area contributed by atoms with Crippen LogP contribution < -0.4 is 0 Å². The average molecular weight is 237 g/mol. The summed E-state index contributed by atoms with van der Waals surface area (Å²) in [6.07, 6.45) is 0.306. The maximum Gasteiger partial charge on any atom is 0.227 e. The van der Waals surface area contributed by atoms with E-state index in [0.717, 1.165) is 11.1 Å². The number of benzene rings is 1. The molecular formula is C13H19NO3. The van der Waals surface area contributed by atoms with Gasteiger partial charge in [0.15, 0.2) is 0 Å². The second-order valence-corrected chi connectivity index (χ2v) is 3.99. The van der Waals surface area contributed by atoms with Crippen LogP contribution in [0.2, 0.25) is 0 Å². The molecule has 0 aliphatic carbocycles. The van der Waals surface area contributed by atoms with Gasteiger partial charge in [-0.25, -0.2) is 0 Å². The van der Waals surface area contributed by atoms with Gasteiger partial charge >= 0.3 is 0 Å². The number of nitrogens with zero attached hydrogens (tertiary/aromatic N) is 1. The quantitative estimate of drug-likeness (QED) is 0.750. The molecule has 1 amide bonds. The summed E-state index contributed by atoms with van der Waals surface area (Å²) < 4.78 is 0. The van der Waals surface area contributed by atoms with E-state index in [0.29, 0.717) is 6.42 Å². The molecule has 0 bridgehead atoms. The van der Waals surface area contributed by atoms with Gasteiger partial charge in [-0.1, -0.05) is 29.8 Å². The van der Waals surface area contributed by atoms with Gasteiger partial charge in [0.25, 0.3) is 0 Å². The lowest BCUT2D eigenvalue weighted by atomic mass is 10.1. The molecule has 17 heavy (non-hydrogen) atoms. The van der Waals surface area contributed by atoms with Crippen LogP contribution in [0.15, 0.2) is 24.3 Å². The minimum absolute atomic E-state index is 0.0723. The van der Waals surface area contributed by atoms with Gasteiger partial charge in [-0.2, -0.15) is 0 Å². The zero-order valence-electron chi connectivity index (χ0n) is 10.1. The van der Waals surface area contributed by atoms with Gasteiger partial charge < -0.3 is 15.1 Å². The summed E-state index contributed by atoms with van der Waals surface area (Å²) in [6.45, 7) is 2.37. The third kappa shape index (κ3) is 4.54. The zero-order chi connectivity index (χ0) is 12.7. The monoisotopic (exact) mass is 237 g/mol. The van der Waals surface area contributed by atoms with Crippen molar-refractivity contribution in [3.8, 4) is 0 Å². The number of amides is 1. The van der Waals surface area contributed by atoms with Crippen molar-refractivity contribution < 1.29 is 15.0 Å². The number of aliphatic hydroxyl groups excluding tert-OH is 2. The smallest absolute Gasteiger partial charge is 0.227 e. The van der Waals surface area contributed by atoms with Crippen LogP contribution >= 0.6 is 0 Å². The van der Waals surface area contributed by atoms with E-state index in [-0.39, 0.29) is 32.2 Å². The molecule has 0 aliphatic rings. The van der Waals surface area contributed by atoms with Gasteiger partial charge in [0.2, 0.25) is 5.91 Å². The van der Waals surface area contributed by atoms with Crippen molar-refractivity contribution in [3.05, 3.63) is 35.4 Å². The highest BCUT2D eigenvalue weighted by molar-refractivity contribution is 5.78. The molecule has 1 rings (SSSR count). The van der Waals surface area contributed by atoms with Crippen LogP contribution in [0.5, 0.6) is 0 Å². The molecule has 1 aromatic rings. The Hall–Kier alpha value is -1.39. The van der Waals surface area contributed by atoms with Crippen LogP contribution in [0.1, 0.15) is 11.1 Å². The molecule has 94 valence electrons. The highest BCUT2D eigenvalue weighted by atomic mass is 16.3. The van der Waals surface area contributed by atoms with Gasteiger partial charge in [0.1, 0.15) is 0 Å². The minimum atomic E-state index is -0.0837. The molecule has 2 N–H and O–H groups in total. The molecule has 0 heterocycles. The molecule has 0 saturated carbocycles. The summed E-state index contributed by atoms with van der Waals surface area (Å²) in [5.74, 6) is -0.0723. The Bertz CT molecular complexity index is 342. The Morgan fingerprint density at radius 1 is 1.12 bits per heavy atom. The summed E-state index contributed by atoms with van der Waals surface area (Å²) >= 11 is 0. The van der Waals surface area contributed by atoms with Crippen LogP contribution in [0.3, 0.4) is 0 Å². The van der Waals surface area contributed by atoms with Gasteiger partial charge in [0.05, 0.1) is 19.6 Å². The van der Waals surface area contributed by atoms with Crippen molar-refractivity contribution in [2.75, 3.05) is 26.3 Å². The molecule has 0 unspecified atom stereocenters. The first-order valence-electron chi connectivity index (χ1n) is 5.72. The van der Waals surface area contributed by atoms with Crippen LogP contribution in [0, 0.1) is 6.92 Å². The van der Waals surface area contributed by atoms with Crippen molar-refractivity contribution in [2.45, 2.75) is 13.3 Å². The normalized spacial score (nSPS) is 10.3. The number of carbonyl (C=O) groups is 1. The van der Waals surface area contributed by atoms with E-state index in [9.17, 15) is 4.79 Å². The number of hydrogen-bond acceptors (Lipinski definition) is 3. The molecule has 0 fully saturated rings. The first kappa shape index (κ1) is 13.7.